The molecule has 1 unspecified atom stereocenters. The maximum atomic E-state index is 12.0. The molecule has 1 aromatic rings. The van der Waals surface area contributed by atoms with E-state index in [0.717, 1.165) is 6.26 Å². The number of nitrogens with one attached hydrogen (secondary N) is 1. The number of carboxylic acid groups (broad SMARTS) is 1. The summed E-state index contributed by atoms with van der Waals surface area (Å²) in [5.74, 6) is -2.17. The van der Waals surface area contributed by atoms with Crippen LogP contribution < -0.4 is 5.32 Å². The monoisotopic (exact) mass is 303 g/mol. The van der Waals surface area contributed by atoms with Crippen LogP contribution in [0.2, 0.25) is 0 Å². The highest BCUT2D eigenvalue weighted by Crippen LogP contribution is 2.19. The SMILES string of the molecule is Cn1cc(C(NC(=O)C(C)(C)S(C)(=O)=O)C(=O)O)cn1. The van der Waals surface area contributed by atoms with E-state index >= 15 is 0 Å². The van der Waals surface area contributed by atoms with Gasteiger partial charge in [0.15, 0.2) is 15.9 Å². The van der Waals surface area contributed by atoms with Crippen molar-refractivity contribution in [3.8, 4) is 0 Å². The molecule has 1 amide bonds. The minimum absolute atomic E-state index is 0.262. The predicted octanol–water partition coefficient (Wildman–Crippen LogP) is -0.515. The summed E-state index contributed by atoms with van der Waals surface area (Å²) in [5.41, 5.74) is 0.262. The van der Waals surface area contributed by atoms with Crippen LogP contribution in [0.1, 0.15) is 25.5 Å². The number of hydrogen-bond donors (Lipinski definition) is 2. The molecule has 0 spiro atoms. The van der Waals surface area contributed by atoms with E-state index in [2.05, 4.69) is 10.4 Å². The fraction of sp³-hybridized carbons (Fsp3) is 0.545. The van der Waals surface area contributed by atoms with Crippen LogP contribution in [-0.2, 0) is 26.5 Å². The van der Waals surface area contributed by atoms with E-state index in [4.69, 9.17) is 5.11 Å². The summed E-state index contributed by atoms with van der Waals surface area (Å²) >= 11 is 0. The molecule has 0 bridgehead atoms. The molecule has 2 N–H and O–H groups in total. The van der Waals surface area contributed by atoms with Gasteiger partial charge in [-0.15, -0.1) is 0 Å². The molecule has 0 aliphatic heterocycles. The second kappa shape index (κ2) is 5.23. The van der Waals surface area contributed by atoms with E-state index in [-0.39, 0.29) is 5.56 Å². The molecule has 1 heterocycles. The standard InChI is InChI=1S/C11H17N3O5S/c1-11(2,20(4,18)19)10(17)13-8(9(15)16)7-5-12-14(3)6-7/h5-6,8H,1-4H3,(H,13,17)(H,15,16). The van der Waals surface area contributed by atoms with E-state index in [1.807, 2.05) is 0 Å². The molecule has 1 aromatic heterocycles. The molecule has 0 aliphatic rings. The lowest BCUT2D eigenvalue weighted by atomic mass is 10.1. The van der Waals surface area contributed by atoms with Crippen molar-refractivity contribution in [2.75, 3.05) is 6.26 Å². The topological polar surface area (TPSA) is 118 Å². The van der Waals surface area contributed by atoms with Gasteiger partial charge in [0.1, 0.15) is 4.75 Å². The van der Waals surface area contributed by atoms with Gasteiger partial charge in [-0.25, -0.2) is 13.2 Å². The minimum Gasteiger partial charge on any atom is -0.479 e. The molecular formula is C11H17N3O5S. The van der Waals surface area contributed by atoms with Gasteiger partial charge in [0.25, 0.3) is 0 Å². The first-order valence-electron chi connectivity index (χ1n) is 5.68. The number of carbonyl (C=O) groups is 2. The largest absolute Gasteiger partial charge is 0.479 e. The summed E-state index contributed by atoms with van der Waals surface area (Å²) in [6.07, 6.45) is 3.66. The number of aliphatic carboxylic acids is 1. The van der Waals surface area contributed by atoms with Gasteiger partial charge in [-0.05, 0) is 13.8 Å². The molecular weight excluding hydrogens is 286 g/mol. The van der Waals surface area contributed by atoms with Crippen LogP contribution in [0.3, 0.4) is 0 Å². The molecule has 0 aromatic carbocycles. The van der Waals surface area contributed by atoms with Crippen molar-refractivity contribution in [1.29, 1.82) is 0 Å². The fourth-order valence-electron chi connectivity index (χ4n) is 1.35. The number of rotatable bonds is 5. The van der Waals surface area contributed by atoms with E-state index < -0.39 is 32.5 Å². The summed E-state index contributed by atoms with van der Waals surface area (Å²) in [6, 6.07) is -1.35. The number of amides is 1. The zero-order valence-corrected chi connectivity index (χ0v) is 12.4. The number of carboxylic acids is 1. The number of carbonyl (C=O) groups excluding carboxylic acids is 1. The first-order chi connectivity index (χ1) is 8.96. The summed E-state index contributed by atoms with van der Waals surface area (Å²) in [5, 5.41) is 15.2. The Morgan fingerprint density at radius 2 is 2.00 bits per heavy atom. The van der Waals surface area contributed by atoms with Gasteiger partial charge in [0.2, 0.25) is 5.91 Å². The zero-order chi connectivity index (χ0) is 15.7. The van der Waals surface area contributed by atoms with Crippen LogP contribution in [0.5, 0.6) is 0 Å². The van der Waals surface area contributed by atoms with Crippen molar-refractivity contribution in [1.82, 2.24) is 15.1 Å². The van der Waals surface area contributed by atoms with Gasteiger partial charge in [-0.2, -0.15) is 5.10 Å². The van der Waals surface area contributed by atoms with E-state index in [0.29, 0.717) is 0 Å². The maximum absolute atomic E-state index is 12.0. The summed E-state index contributed by atoms with van der Waals surface area (Å²) < 4.78 is 22.8. The molecule has 0 aliphatic carbocycles. The average molecular weight is 303 g/mol. The third kappa shape index (κ3) is 3.16. The first kappa shape index (κ1) is 16.2. The third-order valence-corrected chi connectivity index (χ3v) is 5.09. The Kier molecular flexibility index (Phi) is 4.23. The molecule has 1 atom stereocenters. The number of aromatic nitrogens is 2. The Labute approximate surface area is 116 Å². The Hall–Kier alpha value is -1.90. The third-order valence-electron chi connectivity index (χ3n) is 3.05. The number of aryl methyl sites for hydroxylation is 1. The fourth-order valence-corrected chi connectivity index (χ4v) is 1.75. The average Bonchev–Trinajstić information content (AvgIpc) is 2.69. The van der Waals surface area contributed by atoms with Crippen molar-refractivity contribution in [2.45, 2.75) is 24.6 Å². The van der Waals surface area contributed by atoms with Crippen molar-refractivity contribution in [3.63, 3.8) is 0 Å². The zero-order valence-electron chi connectivity index (χ0n) is 11.6. The highest BCUT2D eigenvalue weighted by atomic mass is 32.2. The maximum Gasteiger partial charge on any atom is 0.331 e. The molecule has 0 radical (unpaired) electrons. The predicted molar refractivity (Wildman–Crippen MR) is 70.7 cm³/mol. The Balaban J connectivity index is 3.05. The lowest BCUT2D eigenvalue weighted by Gasteiger charge is -2.23. The number of hydrogen-bond acceptors (Lipinski definition) is 5. The second-order valence-corrected chi connectivity index (χ2v) is 7.54. The van der Waals surface area contributed by atoms with Gasteiger partial charge in [-0.1, -0.05) is 0 Å². The lowest BCUT2D eigenvalue weighted by molar-refractivity contribution is -0.142. The Bertz CT molecular complexity index is 632. The molecule has 0 fully saturated rings. The van der Waals surface area contributed by atoms with Crippen molar-refractivity contribution in [3.05, 3.63) is 18.0 Å². The first-order valence-corrected chi connectivity index (χ1v) is 7.58. The Morgan fingerprint density at radius 3 is 2.35 bits per heavy atom. The second-order valence-electron chi connectivity index (χ2n) is 4.97. The smallest absolute Gasteiger partial charge is 0.331 e. The van der Waals surface area contributed by atoms with Crippen molar-refractivity contribution in [2.24, 2.45) is 7.05 Å². The molecule has 8 nitrogen and oxygen atoms in total. The van der Waals surface area contributed by atoms with Crippen LogP contribution in [-0.4, -0.2) is 46.2 Å². The molecule has 0 saturated carbocycles. The highest BCUT2D eigenvalue weighted by Gasteiger charge is 2.40. The van der Waals surface area contributed by atoms with Crippen LogP contribution in [0.4, 0.5) is 0 Å². The molecule has 1 rings (SSSR count). The highest BCUT2D eigenvalue weighted by molar-refractivity contribution is 7.92. The quantitative estimate of drug-likeness (QED) is 0.756. The van der Waals surface area contributed by atoms with Gasteiger partial charge >= 0.3 is 5.97 Å². The van der Waals surface area contributed by atoms with E-state index in [9.17, 15) is 18.0 Å². The van der Waals surface area contributed by atoms with Gasteiger partial charge in [0.05, 0.1) is 6.20 Å². The van der Waals surface area contributed by atoms with Crippen molar-refractivity contribution < 1.29 is 23.1 Å². The lowest BCUT2D eigenvalue weighted by Crippen LogP contribution is -2.49. The van der Waals surface area contributed by atoms with Gasteiger partial charge in [0, 0.05) is 25.1 Å². The van der Waals surface area contributed by atoms with Crippen LogP contribution in [0.15, 0.2) is 12.4 Å². The molecule has 20 heavy (non-hydrogen) atoms. The van der Waals surface area contributed by atoms with Crippen LogP contribution >= 0.6 is 0 Å². The molecule has 112 valence electrons. The van der Waals surface area contributed by atoms with Gasteiger partial charge < -0.3 is 10.4 Å². The van der Waals surface area contributed by atoms with E-state index in [1.54, 1.807) is 7.05 Å². The number of sulfone groups is 1. The van der Waals surface area contributed by atoms with E-state index in [1.165, 1.54) is 30.9 Å². The van der Waals surface area contributed by atoms with Crippen LogP contribution in [0, 0.1) is 0 Å². The van der Waals surface area contributed by atoms with Crippen LogP contribution in [0.25, 0.3) is 0 Å². The Morgan fingerprint density at radius 1 is 1.45 bits per heavy atom. The molecule has 0 saturated heterocycles. The molecule has 9 heteroatoms. The minimum atomic E-state index is -3.68. The summed E-state index contributed by atoms with van der Waals surface area (Å²) in [7, 11) is -2.07. The number of nitrogens with zero attached hydrogens (tertiary/aromatic N) is 2. The normalized spacial score (nSPS) is 13.8. The van der Waals surface area contributed by atoms with Crippen molar-refractivity contribution >= 4 is 21.7 Å². The summed E-state index contributed by atoms with van der Waals surface area (Å²) in [6.45, 7) is 2.44. The summed E-state index contributed by atoms with van der Waals surface area (Å²) in [4.78, 5) is 23.2. The van der Waals surface area contributed by atoms with Gasteiger partial charge in [-0.3, -0.25) is 9.48 Å².